The van der Waals surface area contributed by atoms with Crippen LogP contribution in [0.1, 0.15) is 82.1 Å². The van der Waals surface area contributed by atoms with Gasteiger partial charge in [-0.2, -0.15) is 0 Å². The number of carboxylic acids is 1. The van der Waals surface area contributed by atoms with Gasteiger partial charge in [-0.25, -0.2) is 0 Å². The summed E-state index contributed by atoms with van der Waals surface area (Å²) >= 11 is 0. The molecule has 2 heteroatoms. The number of aryl methyl sites for hydroxylation is 1. The molecule has 0 bridgehead atoms. The Morgan fingerprint density at radius 3 is 2.34 bits per heavy atom. The number of benzene rings is 2. The lowest BCUT2D eigenvalue weighted by Gasteiger charge is -2.61. The SMILES string of the molecule is CC(C)c1ccc2c(c1)CCC1C2(C)CCC(C)(c2ccccc2)C1(C)C(=O)O. The van der Waals surface area contributed by atoms with Gasteiger partial charge in [-0.05, 0) is 72.1 Å². The monoisotopic (exact) mass is 390 g/mol. The summed E-state index contributed by atoms with van der Waals surface area (Å²) in [7, 11) is 0. The van der Waals surface area contributed by atoms with Crippen molar-refractivity contribution in [1.82, 2.24) is 0 Å². The molecule has 154 valence electrons. The normalized spacial score (nSPS) is 33.8. The van der Waals surface area contributed by atoms with Crippen LogP contribution in [0.3, 0.4) is 0 Å². The number of fused-ring (bicyclic) bond motifs is 3. The highest BCUT2D eigenvalue weighted by atomic mass is 16.4. The van der Waals surface area contributed by atoms with Crippen molar-refractivity contribution in [2.45, 2.75) is 77.0 Å². The van der Waals surface area contributed by atoms with Crippen LogP contribution in [-0.2, 0) is 22.0 Å². The summed E-state index contributed by atoms with van der Waals surface area (Å²) in [6.07, 6.45) is 3.83. The van der Waals surface area contributed by atoms with E-state index in [0.29, 0.717) is 5.92 Å². The van der Waals surface area contributed by atoms with Crippen LogP contribution >= 0.6 is 0 Å². The van der Waals surface area contributed by atoms with E-state index in [-0.39, 0.29) is 16.7 Å². The average Bonchev–Trinajstić information content (AvgIpc) is 2.71. The van der Waals surface area contributed by atoms with E-state index in [9.17, 15) is 9.90 Å². The molecule has 2 aliphatic rings. The average molecular weight is 391 g/mol. The van der Waals surface area contributed by atoms with Crippen LogP contribution in [0.4, 0.5) is 0 Å². The topological polar surface area (TPSA) is 37.3 Å². The first kappa shape index (κ1) is 20.2. The highest BCUT2D eigenvalue weighted by Crippen LogP contribution is 2.64. The zero-order valence-electron chi connectivity index (χ0n) is 18.5. The fraction of sp³-hybridized carbons (Fsp3) is 0.519. The van der Waals surface area contributed by atoms with Gasteiger partial charge in [-0.1, -0.05) is 76.2 Å². The molecule has 1 saturated carbocycles. The van der Waals surface area contributed by atoms with Crippen LogP contribution in [0.25, 0.3) is 0 Å². The molecule has 0 aromatic heterocycles. The summed E-state index contributed by atoms with van der Waals surface area (Å²) in [5, 5.41) is 10.6. The standard InChI is InChI=1S/C27H34O2/c1-18(2)19-11-13-22-20(17-19)12-14-23-25(22,3)15-16-26(4,27(23,5)24(28)29)21-9-7-6-8-10-21/h6-11,13,17-18,23H,12,14-16H2,1-5H3,(H,28,29). The van der Waals surface area contributed by atoms with Crippen LogP contribution in [0.2, 0.25) is 0 Å². The Labute approximate surface area is 175 Å². The Balaban J connectivity index is 1.86. The van der Waals surface area contributed by atoms with Gasteiger partial charge in [-0.3, -0.25) is 4.79 Å². The number of hydrogen-bond acceptors (Lipinski definition) is 1. The van der Waals surface area contributed by atoms with Gasteiger partial charge in [0, 0.05) is 5.41 Å². The van der Waals surface area contributed by atoms with Gasteiger partial charge in [0.2, 0.25) is 0 Å². The summed E-state index contributed by atoms with van der Waals surface area (Å²) in [5.74, 6) is -0.0197. The molecule has 0 heterocycles. The quantitative estimate of drug-likeness (QED) is 0.652. The molecular weight excluding hydrogens is 356 g/mol. The molecule has 4 rings (SSSR count). The molecule has 29 heavy (non-hydrogen) atoms. The van der Waals surface area contributed by atoms with E-state index in [1.165, 1.54) is 16.7 Å². The van der Waals surface area contributed by atoms with Gasteiger partial charge in [0.25, 0.3) is 0 Å². The molecular formula is C27H34O2. The summed E-state index contributed by atoms with van der Waals surface area (Å²) in [5.41, 5.74) is 4.09. The second-order valence-corrected chi connectivity index (χ2v) is 10.3. The predicted octanol–water partition coefficient (Wildman–Crippen LogP) is 6.47. The third kappa shape index (κ3) is 2.71. The largest absolute Gasteiger partial charge is 0.481 e. The van der Waals surface area contributed by atoms with Crippen LogP contribution < -0.4 is 0 Å². The molecule has 4 unspecified atom stereocenters. The molecule has 2 aromatic carbocycles. The molecule has 0 radical (unpaired) electrons. The molecule has 0 spiro atoms. The van der Waals surface area contributed by atoms with E-state index < -0.39 is 11.4 Å². The number of rotatable bonds is 3. The van der Waals surface area contributed by atoms with Crippen molar-refractivity contribution in [2.75, 3.05) is 0 Å². The van der Waals surface area contributed by atoms with Gasteiger partial charge in [0.05, 0.1) is 5.41 Å². The van der Waals surface area contributed by atoms with Crippen molar-refractivity contribution >= 4 is 5.97 Å². The second kappa shape index (κ2) is 6.72. The van der Waals surface area contributed by atoms with E-state index in [4.69, 9.17) is 0 Å². The van der Waals surface area contributed by atoms with Gasteiger partial charge in [0.1, 0.15) is 0 Å². The lowest BCUT2D eigenvalue weighted by molar-refractivity contribution is -0.166. The molecule has 1 fully saturated rings. The van der Waals surface area contributed by atoms with E-state index in [0.717, 1.165) is 31.2 Å². The minimum Gasteiger partial charge on any atom is -0.481 e. The summed E-state index contributed by atoms with van der Waals surface area (Å²) in [6, 6.07) is 17.3. The minimum absolute atomic E-state index is 0.0927. The van der Waals surface area contributed by atoms with Gasteiger partial charge in [0.15, 0.2) is 0 Å². The first-order valence-corrected chi connectivity index (χ1v) is 11.1. The Kier molecular flexibility index (Phi) is 4.68. The molecule has 0 amide bonds. The van der Waals surface area contributed by atoms with Crippen molar-refractivity contribution < 1.29 is 9.90 Å². The first-order chi connectivity index (χ1) is 13.6. The molecule has 1 N–H and O–H groups in total. The number of carboxylic acid groups (broad SMARTS) is 1. The Morgan fingerprint density at radius 1 is 1.03 bits per heavy atom. The lowest BCUT2D eigenvalue weighted by Crippen LogP contribution is -2.62. The fourth-order valence-corrected chi connectivity index (χ4v) is 6.57. The number of aliphatic carboxylic acids is 1. The van der Waals surface area contributed by atoms with Crippen molar-refractivity contribution in [3.63, 3.8) is 0 Å². The van der Waals surface area contributed by atoms with Crippen molar-refractivity contribution in [1.29, 1.82) is 0 Å². The van der Waals surface area contributed by atoms with Crippen LogP contribution in [0.15, 0.2) is 48.5 Å². The maximum Gasteiger partial charge on any atom is 0.310 e. The molecule has 0 aliphatic heterocycles. The van der Waals surface area contributed by atoms with E-state index in [2.05, 4.69) is 58.0 Å². The maximum absolute atomic E-state index is 12.9. The van der Waals surface area contributed by atoms with Gasteiger partial charge >= 0.3 is 5.97 Å². The molecule has 2 nitrogen and oxygen atoms in total. The first-order valence-electron chi connectivity index (χ1n) is 11.1. The van der Waals surface area contributed by atoms with Gasteiger partial charge < -0.3 is 5.11 Å². The molecule has 2 aliphatic carbocycles. The maximum atomic E-state index is 12.9. The summed E-state index contributed by atoms with van der Waals surface area (Å²) < 4.78 is 0. The van der Waals surface area contributed by atoms with E-state index in [1.54, 1.807) is 0 Å². The predicted molar refractivity (Wildman–Crippen MR) is 118 cm³/mol. The fourth-order valence-electron chi connectivity index (χ4n) is 6.57. The second-order valence-electron chi connectivity index (χ2n) is 10.3. The van der Waals surface area contributed by atoms with Crippen molar-refractivity contribution in [3.8, 4) is 0 Å². The van der Waals surface area contributed by atoms with E-state index >= 15 is 0 Å². The molecule has 4 atom stereocenters. The Hall–Kier alpha value is -2.09. The van der Waals surface area contributed by atoms with Gasteiger partial charge in [-0.15, -0.1) is 0 Å². The zero-order chi connectivity index (χ0) is 21.0. The highest BCUT2D eigenvalue weighted by Gasteiger charge is 2.64. The van der Waals surface area contributed by atoms with Crippen molar-refractivity contribution in [3.05, 3.63) is 70.8 Å². The lowest BCUT2D eigenvalue weighted by atomic mass is 9.41. The van der Waals surface area contributed by atoms with Crippen LogP contribution in [0.5, 0.6) is 0 Å². The Morgan fingerprint density at radius 2 is 1.72 bits per heavy atom. The van der Waals surface area contributed by atoms with Crippen molar-refractivity contribution in [2.24, 2.45) is 11.3 Å². The zero-order valence-corrected chi connectivity index (χ0v) is 18.5. The van der Waals surface area contributed by atoms with Crippen LogP contribution in [0, 0.1) is 11.3 Å². The number of carbonyl (C=O) groups is 1. The van der Waals surface area contributed by atoms with Crippen LogP contribution in [-0.4, -0.2) is 11.1 Å². The molecule has 2 aromatic rings. The smallest absolute Gasteiger partial charge is 0.310 e. The summed E-state index contributed by atoms with van der Waals surface area (Å²) in [6.45, 7) is 11.0. The number of hydrogen-bond donors (Lipinski definition) is 1. The highest BCUT2D eigenvalue weighted by molar-refractivity contribution is 5.78. The minimum atomic E-state index is -0.810. The van der Waals surface area contributed by atoms with E-state index in [1.807, 2.05) is 25.1 Å². The Bertz CT molecular complexity index is 931. The summed E-state index contributed by atoms with van der Waals surface area (Å²) in [4.78, 5) is 12.9. The molecule has 0 saturated heterocycles. The third-order valence-electron chi connectivity index (χ3n) is 8.73. The third-order valence-corrected chi connectivity index (χ3v) is 8.73.